The Morgan fingerprint density at radius 1 is 1.54 bits per heavy atom. The second kappa shape index (κ2) is 7.35. The van der Waals surface area contributed by atoms with Crippen LogP contribution in [0.25, 0.3) is 0 Å². The number of hydrazine groups is 1. The average Bonchev–Trinajstić information content (AvgIpc) is 2.10. The van der Waals surface area contributed by atoms with Crippen LogP contribution in [0.1, 0.15) is 19.8 Å². The van der Waals surface area contributed by atoms with Crippen molar-refractivity contribution in [3.63, 3.8) is 0 Å². The lowest BCUT2D eigenvalue weighted by Crippen LogP contribution is -2.41. The Morgan fingerprint density at radius 2 is 2.23 bits per heavy atom. The van der Waals surface area contributed by atoms with E-state index in [0.717, 1.165) is 6.54 Å². The van der Waals surface area contributed by atoms with Crippen molar-refractivity contribution in [1.82, 2.24) is 10.7 Å². The number of nitrogens with one attached hydrogen (secondary N) is 2. The first-order valence-corrected chi connectivity index (χ1v) is 4.24. The topological polar surface area (TPSA) is 106 Å². The van der Waals surface area contributed by atoms with Gasteiger partial charge in [0, 0.05) is 19.5 Å². The fourth-order valence-electron chi connectivity index (χ4n) is 0.764. The van der Waals surface area contributed by atoms with E-state index in [9.17, 15) is 4.79 Å². The quantitative estimate of drug-likeness (QED) is 0.141. The predicted octanol–water partition coefficient (Wildman–Crippen LogP) is -1.32. The van der Waals surface area contributed by atoms with Gasteiger partial charge in [0.15, 0.2) is 0 Å². The highest BCUT2D eigenvalue weighted by Crippen LogP contribution is 1.87. The Kier molecular flexibility index (Phi) is 6.62. The van der Waals surface area contributed by atoms with E-state index in [-0.39, 0.29) is 5.91 Å². The summed E-state index contributed by atoms with van der Waals surface area (Å²) in [5, 5.41) is 2.92. The number of aliphatic imine (C=N–C) groups is 1. The first-order chi connectivity index (χ1) is 6.20. The van der Waals surface area contributed by atoms with E-state index >= 15 is 0 Å². The SMILES string of the molecule is CCNC(=NCCCC(N)=O)NN. The number of nitrogens with zero attached hydrogens (tertiary/aromatic N) is 1. The number of hydrogen-bond donors (Lipinski definition) is 4. The van der Waals surface area contributed by atoms with E-state index in [2.05, 4.69) is 15.7 Å². The van der Waals surface area contributed by atoms with Crippen molar-refractivity contribution in [2.45, 2.75) is 19.8 Å². The van der Waals surface area contributed by atoms with E-state index in [0.29, 0.717) is 25.3 Å². The van der Waals surface area contributed by atoms with Gasteiger partial charge in [-0.15, -0.1) is 0 Å². The summed E-state index contributed by atoms with van der Waals surface area (Å²) in [5.41, 5.74) is 7.37. The van der Waals surface area contributed by atoms with Gasteiger partial charge in [0.05, 0.1) is 0 Å². The molecule has 6 N–H and O–H groups in total. The zero-order valence-electron chi connectivity index (χ0n) is 7.84. The van der Waals surface area contributed by atoms with Gasteiger partial charge in [-0.25, -0.2) is 5.84 Å². The predicted molar refractivity (Wildman–Crippen MR) is 51.7 cm³/mol. The van der Waals surface area contributed by atoms with Crippen LogP contribution < -0.4 is 22.3 Å². The summed E-state index contributed by atoms with van der Waals surface area (Å²) >= 11 is 0. The maximum absolute atomic E-state index is 10.4. The third-order valence-corrected chi connectivity index (χ3v) is 1.33. The van der Waals surface area contributed by atoms with Crippen molar-refractivity contribution in [3.8, 4) is 0 Å². The Morgan fingerprint density at radius 3 is 2.69 bits per heavy atom. The van der Waals surface area contributed by atoms with E-state index in [1.807, 2.05) is 6.92 Å². The number of rotatable bonds is 5. The van der Waals surface area contributed by atoms with Gasteiger partial charge in [-0.2, -0.15) is 0 Å². The summed E-state index contributed by atoms with van der Waals surface area (Å²) in [7, 11) is 0. The molecule has 0 aromatic carbocycles. The van der Waals surface area contributed by atoms with E-state index < -0.39 is 0 Å². The van der Waals surface area contributed by atoms with E-state index in [1.54, 1.807) is 0 Å². The zero-order valence-corrected chi connectivity index (χ0v) is 7.84. The van der Waals surface area contributed by atoms with Gasteiger partial charge < -0.3 is 11.1 Å². The summed E-state index contributed by atoms with van der Waals surface area (Å²) in [4.78, 5) is 14.4. The third-order valence-electron chi connectivity index (χ3n) is 1.33. The molecular formula is C7H17N5O. The number of hydrogen-bond acceptors (Lipinski definition) is 3. The molecule has 0 aromatic heterocycles. The number of guanidine groups is 1. The highest BCUT2D eigenvalue weighted by molar-refractivity contribution is 5.79. The molecule has 0 aliphatic carbocycles. The molecule has 0 fully saturated rings. The van der Waals surface area contributed by atoms with Gasteiger partial charge in [0.1, 0.15) is 0 Å². The van der Waals surface area contributed by atoms with Crippen LogP contribution in [-0.4, -0.2) is 25.0 Å². The Balaban J connectivity index is 3.60. The smallest absolute Gasteiger partial charge is 0.217 e. The third kappa shape index (κ3) is 7.07. The molecular weight excluding hydrogens is 170 g/mol. The molecule has 0 saturated carbocycles. The monoisotopic (exact) mass is 187 g/mol. The molecule has 6 nitrogen and oxygen atoms in total. The molecule has 76 valence electrons. The number of carbonyl (C=O) groups is 1. The first kappa shape index (κ1) is 11.7. The molecule has 0 aliphatic rings. The molecule has 1 amide bonds. The maximum atomic E-state index is 10.4. The van der Waals surface area contributed by atoms with Crippen LogP contribution in [-0.2, 0) is 4.79 Å². The molecule has 0 saturated heterocycles. The Labute approximate surface area is 77.7 Å². The molecule has 6 heteroatoms. The van der Waals surface area contributed by atoms with Crippen molar-refractivity contribution in [2.75, 3.05) is 13.1 Å². The molecule has 0 heterocycles. The van der Waals surface area contributed by atoms with Crippen molar-refractivity contribution in [3.05, 3.63) is 0 Å². The minimum atomic E-state index is -0.305. The zero-order chi connectivity index (χ0) is 10.1. The van der Waals surface area contributed by atoms with Crippen LogP contribution in [0.15, 0.2) is 4.99 Å². The lowest BCUT2D eigenvalue weighted by Gasteiger charge is -2.05. The molecule has 13 heavy (non-hydrogen) atoms. The highest BCUT2D eigenvalue weighted by Gasteiger charge is 1.94. The molecule has 0 aliphatic heterocycles. The standard InChI is InChI=1S/C7H17N5O/c1-2-10-7(12-9)11-5-3-4-6(8)13/h2-5,9H2,1H3,(H2,8,13)(H2,10,11,12). The Hall–Kier alpha value is -1.30. The number of carbonyl (C=O) groups excluding carboxylic acids is 1. The van der Waals surface area contributed by atoms with Gasteiger partial charge in [0.25, 0.3) is 0 Å². The van der Waals surface area contributed by atoms with Crippen LogP contribution in [0.3, 0.4) is 0 Å². The van der Waals surface area contributed by atoms with Crippen molar-refractivity contribution >= 4 is 11.9 Å². The molecule has 0 spiro atoms. The lowest BCUT2D eigenvalue weighted by molar-refractivity contribution is -0.118. The van der Waals surface area contributed by atoms with Crippen LogP contribution in [0.4, 0.5) is 0 Å². The van der Waals surface area contributed by atoms with Gasteiger partial charge in [-0.1, -0.05) is 0 Å². The van der Waals surface area contributed by atoms with Gasteiger partial charge in [-0.3, -0.25) is 15.2 Å². The normalized spacial score (nSPS) is 11.1. The van der Waals surface area contributed by atoms with Crippen molar-refractivity contribution in [2.24, 2.45) is 16.6 Å². The summed E-state index contributed by atoms with van der Waals surface area (Å²) in [6, 6.07) is 0. The van der Waals surface area contributed by atoms with Crippen molar-refractivity contribution in [1.29, 1.82) is 0 Å². The number of nitrogens with two attached hydrogens (primary N) is 2. The van der Waals surface area contributed by atoms with Gasteiger partial charge in [-0.05, 0) is 13.3 Å². The van der Waals surface area contributed by atoms with Crippen LogP contribution in [0.5, 0.6) is 0 Å². The highest BCUT2D eigenvalue weighted by atomic mass is 16.1. The minimum Gasteiger partial charge on any atom is -0.370 e. The number of primary amides is 1. The summed E-state index contributed by atoms with van der Waals surface area (Å²) < 4.78 is 0. The first-order valence-electron chi connectivity index (χ1n) is 4.24. The van der Waals surface area contributed by atoms with Gasteiger partial charge in [0.2, 0.25) is 11.9 Å². The van der Waals surface area contributed by atoms with Crippen LogP contribution in [0.2, 0.25) is 0 Å². The lowest BCUT2D eigenvalue weighted by atomic mass is 10.3. The Bertz CT molecular complexity index is 180. The van der Waals surface area contributed by atoms with Gasteiger partial charge >= 0.3 is 0 Å². The second-order valence-electron chi connectivity index (χ2n) is 2.47. The molecule has 0 bridgehead atoms. The molecule has 0 unspecified atom stereocenters. The molecule has 0 rings (SSSR count). The van der Waals surface area contributed by atoms with E-state index in [4.69, 9.17) is 11.6 Å². The second-order valence-corrected chi connectivity index (χ2v) is 2.47. The molecule has 0 atom stereocenters. The van der Waals surface area contributed by atoms with Crippen LogP contribution >= 0.6 is 0 Å². The largest absolute Gasteiger partial charge is 0.370 e. The van der Waals surface area contributed by atoms with Crippen molar-refractivity contribution < 1.29 is 4.79 Å². The van der Waals surface area contributed by atoms with E-state index in [1.165, 1.54) is 0 Å². The van der Waals surface area contributed by atoms with Crippen LogP contribution in [0, 0.1) is 0 Å². The summed E-state index contributed by atoms with van der Waals surface area (Å²) in [6.07, 6.45) is 0.999. The number of amides is 1. The molecule has 0 aromatic rings. The average molecular weight is 187 g/mol. The summed E-state index contributed by atoms with van der Waals surface area (Å²) in [5.74, 6) is 5.40. The molecule has 0 radical (unpaired) electrons. The maximum Gasteiger partial charge on any atom is 0.217 e. The fraction of sp³-hybridized carbons (Fsp3) is 0.714. The summed E-state index contributed by atoms with van der Waals surface area (Å²) in [6.45, 7) is 3.23. The minimum absolute atomic E-state index is 0.305. The fourth-order valence-corrected chi connectivity index (χ4v) is 0.764.